The number of rotatable bonds is 4. The van der Waals surface area contributed by atoms with E-state index in [4.69, 9.17) is 9.47 Å². The topological polar surface area (TPSA) is 35.5 Å². The Bertz CT molecular complexity index is 135. The van der Waals surface area contributed by atoms with E-state index in [0.29, 0.717) is 32.0 Å². The van der Waals surface area contributed by atoms with Crippen LogP contribution in [0, 0.1) is 0 Å². The van der Waals surface area contributed by atoms with E-state index >= 15 is 0 Å². The highest BCUT2D eigenvalue weighted by Crippen LogP contribution is 2.17. The van der Waals surface area contributed by atoms with E-state index in [2.05, 4.69) is 0 Å². The molecule has 0 aromatic heterocycles. The maximum atomic E-state index is 10.9. The summed E-state index contributed by atoms with van der Waals surface area (Å²) in [5.74, 6) is 0.367. The average molecular weight is 172 g/mol. The molecule has 0 aromatic rings. The van der Waals surface area contributed by atoms with Crippen molar-refractivity contribution in [3.8, 4) is 0 Å². The van der Waals surface area contributed by atoms with Crippen LogP contribution in [0.15, 0.2) is 0 Å². The van der Waals surface area contributed by atoms with Crippen LogP contribution >= 0.6 is 0 Å². The van der Waals surface area contributed by atoms with E-state index in [0.717, 1.165) is 12.8 Å². The third kappa shape index (κ3) is 3.32. The van der Waals surface area contributed by atoms with Crippen LogP contribution < -0.4 is 0 Å². The lowest BCUT2D eigenvalue weighted by Crippen LogP contribution is -2.22. The fraction of sp³-hybridized carbons (Fsp3) is 0.889. The van der Waals surface area contributed by atoms with Crippen molar-refractivity contribution in [2.45, 2.75) is 38.7 Å². The van der Waals surface area contributed by atoms with Gasteiger partial charge in [-0.1, -0.05) is 0 Å². The Labute approximate surface area is 73.0 Å². The zero-order valence-corrected chi connectivity index (χ0v) is 7.54. The monoisotopic (exact) mass is 172 g/mol. The second-order valence-electron chi connectivity index (χ2n) is 3.02. The number of ketones is 1. The van der Waals surface area contributed by atoms with Gasteiger partial charge in [-0.3, -0.25) is 4.79 Å². The molecule has 0 bridgehead atoms. The highest BCUT2D eigenvalue weighted by Gasteiger charge is 2.18. The highest BCUT2D eigenvalue weighted by atomic mass is 16.7. The van der Waals surface area contributed by atoms with Gasteiger partial charge in [-0.25, -0.2) is 0 Å². The van der Waals surface area contributed by atoms with Crippen molar-refractivity contribution in [2.75, 3.05) is 13.4 Å². The lowest BCUT2D eigenvalue weighted by Gasteiger charge is -2.20. The smallest absolute Gasteiger partial charge is 0.147 e. The van der Waals surface area contributed by atoms with Crippen LogP contribution in [0.2, 0.25) is 0 Å². The summed E-state index contributed by atoms with van der Waals surface area (Å²) in [6.45, 7) is 2.99. The molecule has 0 unspecified atom stereocenters. The molecule has 0 spiro atoms. The third-order valence-corrected chi connectivity index (χ3v) is 2.08. The zero-order chi connectivity index (χ0) is 8.81. The van der Waals surface area contributed by atoms with Crippen molar-refractivity contribution in [1.29, 1.82) is 0 Å². The summed E-state index contributed by atoms with van der Waals surface area (Å²) in [7, 11) is 0. The van der Waals surface area contributed by atoms with Gasteiger partial charge in [0, 0.05) is 19.4 Å². The Morgan fingerprint density at radius 3 is 2.67 bits per heavy atom. The van der Waals surface area contributed by atoms with Crippen LogP contribution in [0.25, 0.3) is 0 Å². The largest absolute Gasteiger partial charge is 0.356 e. The molecular formula is C9H16O3. The van der Waals surface area contributed by atoms with E-state index in [9.17, 15) is 4.79 Å². The quantitative estimate of drug-likeness (QED) is 0.476. The minimum atomic E-state index is 0.245. The van der Waals surface area contributed by atoms with E-state index in [1.165, 1.54) is 0 Å². The van der Waals surface area contributed by atoms with Crippen LogP contribution in [-0.2, 0) is 14.3 Å². The molecule has 12 heavy (non-hydrogen) atoms. The predicted molar refractivity (Wildman–Crippen MR) is 44.8 cm³/mol. The summed E-state index contributed by atoms with van der Waals surface area (Å²) in [6.07, 6.45) is 3.33. The first kappa shape index (κ1) is 9.68. The first-order valence-corrected chi connectivity index (χ1v) is 4.54. The number of Topliss-reactive ketones (excluding diaryl/α,β-unsaturated/α-hetero) is 1. The van der Waals surface area contributed by atoms with Gasteiger partial charge in [-0.2, -0.15) is 0 Å². The molecule has 0 aromatic carbocycles. The van der Waals surface area contributed by atoms with Crippen molar-refractivity contribution in [1.82, 2.24) is 0 Å². The molecule has 1 saturated carbocycles. The number of hydrogen-bond acceptors (Lipinski definition) is 3. The van der Waals surface area contributed by atoms with Crippen molar-refractivity contribution >= 4 is 5.78 Å². The van der Waals surface area contributed by atoms with Gasteiger partial charge in [0.1, 0.15) is 12.6 Å². The van der Waals surface area contributed by atoms with Gasteiger partial charge in [0.25, 0.3) is 0 Å². The minimum Gasteiger partial charge on any atom is -0.356 e. The van der Waals surface area contributed by atoms with Gasteiger partial charge >= 0.3 is 0 Å². The molecule has 3 heteroatoms. The Hall–Kier alpha value is -0.410. The lowest BCUT2D eigenvalue weighted by molar-refractivity contribution is -0.128. The predicted octanol–water partition coefficient (Wildman–Crippen LogP) is 1.51. The van der Waals surface area contributed by atoms with Crippen molar-refractivity contribution < 1.29 is 14.3 Å². The van der Waals surface area contributed by atoms with Crippen LogP contribution in [0.1, 0.15) is 32.6 Å². The molecule has 1 aliphatic rings. The molecule has 0 heterocycles. The Balaban J connectivity index is 2.05. The van der Waals surface area contributed by atoms with Crippen molar-refractivity contribution in [3.63, 3.8) is 0 Å². The second-order valence-corrected chi connectivity index (χ2v) is 3.02. The standard InChI is InChI=1S/C9H16O3/c1-2-11-7-12-9-5-3-8(10)4-6-9/h9H,2-7H2,1H3. The SMILES string of the molecule is CCOCOC1CCC(=O)CC1. The highest BCUT2D eigenvalue weighted by molar-refractivity contribution is 5.79. The van der Waals surface area contributed by atoms with E-state index in [-0.39, 0.29) is 6.10 Å². The maximum absolute atomic E-state index is 10.9. The van der Waals surface area contributed by atoms with E-state index in [1.807, 2.05) is 6.92 Å². The van der Waals surface area contributed by atoms with Gasteiger partial charge in [0.15, 0.2) is 0 Å². The number of carbonyl (C=O) groups is 1. The summed E-state index contributed by atoms with van der Waals surface area (Å²) >= 11 is 0. The summed E-state index contributed by atoms with van der Waals surface area (Å²) in [5, 5.41) is 0. The molecule has 0 aliphatic heterocycles. The molecule has 1 fully saturated rings. The molecule has 0 atom stereocenters. The molecule has 0 amide bonds. The Kier molecular flexibility index (Phi) is 4.25. The Morgan fingerprint density at radius 1 is 1.42 bits per heavy atom. The second kappa shape index (κ2) is 5.27. The molecule has 0 radical (unpaired) electrons. The van der Waals surface area contributed by atoms with Gasteiger partial charge in [-0.15, -0.1) is 0 Å². The Morgan fingerprint density at radius 2 is 2.08 bits per heavy atom. The number of hydrogen-bond donors (Lipinski definition) is 0. The normalized spacial score (nSPS) is 19.9. The summed E-state index contributed by atoms with van der Waals surface area (Å²) in [4.78, 5) is 10.9. The fourth-order valence-corrected chi connectivity index (χ4v) is 1.31. The summed E-state index contributed by atoms with van der Waals surface area (Å²) in [5.41, 5.74) is 0. The van der Waals surface area contributed by atoms with Crippen molar-refractivity contribution in [3.05, 3.63) is 0 Å². The molecule has 0 N–H and O–H groups in total. The number of carbonyl (C=O) groups excluding carboxylic acids is 1. The molecule has 1 rings (SSSR count). The van der Waals surface area contributed by atoms with Gasteiger partial charge in [0.05, 0.1) is 6.10 Å². The summed E-state index contributed by atoms with van der Waals surface area (Å²) < 4.78 is 10.5. The molecule has 0 saturated heterocycles. The van der Waals surface area contributed by atoms with Gasteiger partial charge < -0.3 is 9.47 Å². The van der Waals surface area contributed by atoms with E-state index in [1.54, 1.807) is 0 Å². The lowest BCUT2D eigenvalue weighted by atomic mass is 9.97. The van der Waals surface area contributed by atoms with Gasteiger partial charge in [0.2, 0.25) is 0 Å². The third-order valence-electron chi connectivity index (χ3n) is 2.08. The van der Waals surface area contributed by atoms with Crippen LogP contribution in [-0.4, -0.2) is 25.3 Å². The molecular weight excluding hydrogens is 156 g/mol. The average Bonchev–Trinajstić information content (AvgIpc) is 2.09. The van der Waals surface area contributed by atoms with Crippen molar-refractivity contribution in [2.24, 2.45) is 0 Å². The fourth-order valence-electron chi connectivity index (χ4n) is 1.31. The van der Waals surface area contributed by atoms with E-state index < -0.39 is 0 Å². The minimum absolute atomic E-state index is 0.245. The first-order valence-electron chi connectivity index (χ1n) is 4.54. The summed E-state index contributed by atoms with van der Waals surface area (Å²) in [6, 6.07) is 0. The molecule has 1 aliphatic carbocycles. The van der Waals surface area contributed by atoms with Crippen LogP contribution in [0.3, 0.4) is 0 Å². The van der Waals surface area contributed by atoms with Gasteiger partial charge in [-0.05, 0) is 19.8 Å². The molecule has 70 valence electrons. The van der Waals surface area contributed by atoms with Crippen LogP contribution in [0.4, 0.5) is 0 Å². The maximum Gasteiger partial charge on any atom is 0.147 e. The zero-order valence-electron chi connectivity index (χ0n) is 7.54. The molecule has 3 nitrogen and oxygen atoms in total. The van der Waals surface area contributed by atoms with Crippen LogP contribution in [0.5, 0.6) is 0 Å². The number of ether oxygens (including phenoxy) is 2. The first-order chi connectivity index (χ1) is 5.83.